The van der Waals surface area contributed by atoms with E-state index in [0.29, 0.717) is 22.7 Å². The predicted octanol–water partition coefficient (Wildman–Crippen LogP) is 5.03. The smallest absolute Gasteiger partial charge is 0.0811 e. The van der Waals surface area contributed by atoms with E-state index in [0.717, 1.165) is 59.1 Å². The molecular formula is C34H72N4O4. The lowest BCUT2D eigenvalue weighted by Gasteiger charge is -2.53. The Morgan fingerprint density at radius 2 is 1.36 bits per heavy atom. The van der Waals surface area contributed by atoms with Crippen molar-refractivity contribution in [2.45, 2.75) is 135 Å². The van der Waals surface area contributed by atoms with Gasteiger partial charge in [0.05, 0.1) is 32.0 Å². The molecule has 1 atom stereocenters. The topological polar surface area (TPSA) is 69.7 Å². The van der Waals surface area contributed by atoms with Crippen LogP contribution < -0.4 is 5.32 Å². The Kier molecular flexibility index (Phi) is 18.2. The van der Waals surface area contributed by atoms with Crippen LogP contribution in [0.1, 0.15) is 107 Å². The third-order valence-electron chi connectivity index (χ3n) is 9.74. The lowest BCUT2D eigenvalue weighted by Crippen LogP contribution is -2.60. The zero-order valence-electron chi connectivity index (χ0n) is 29.8. The lowest BCUT2D eigenvalue weighted by atomic mass is 9.79. The highest BCUT2D eigenvalue weighted by Gasteiger charge is 2.48. The van der Waals surface area contributed by atoms with E-state index in [1.54, 1.807) is 0 Å². The van der Waals surface area contributed by atoms with Crippen molar-refractivity contribution in [3.05, 3.63) is 0 Å². The van der Waals surface area contributed by atoms with Gasteiger partial charge in [0.2, 0.25) is 0 Å². The molecule has 8 nitrogen and oxygen atoms in total. The molecule has 0 aromatic carbocycles. The molecule has 252 valence electrons. The third kappa shape index (κ3) is 12.6. The quantitative estimate of drug-likeness (QED) is 0.466. The SMILES string of the molecule is CC.CC.CCC(C)(CO)NC(C)C.CN1CCC12CCOCC2.CN1CCOC2(CC2)C1.CN1CCOCC12CC2. The first kappa shape index (κ1) is 39.7. The van der Waals surface area contributed by atoms with Crippen LogP contribution in [0.3, 0.4) is 0 Å². The Morgan fingerprint density at radius 1 is 0.762 bits per heavy atom. The summed E-state index contributed by atoms with van der Waals surface area (Å²) in [4.78, 5) is 7.28. The number of ether oxygens (including phenoxy) is 3. The largest absolute Gasteiger partial charge is 0.394 e. The first-order valence-electron chi connectivity index (χ1n) is 17.3. The van der Waals surface area contributed by atoms with Gasteiger partial charge in [0, 0.05) is 62.1 Å². The second-order valence-electron chi connectivity index (χ2n) is 13.3. The number of nitrogens with one attached hydrogen (secondary N) is 1. The van der Waals surface area contributed by atoms with Gasteiger partial charge in [-0.25, -0.2) is 0 Å². The van der Waals surface area contributed by atoms with E-state index >= 15 is 0 Å². The molecule has 1 unspecified atom stereocenters. The summed E-state index contributed by atoms with van der Waals surface area (Å²) in [7, 11) is 6.60. The summed E-state index contributed by atoms with van der Waals surface area (Å²) in [5.41, 5.74) is 1.30. The number of nitrogens with zero attached hydrogens (tertiary/aromatic N) is 3. The van der Waals surface area contributed by atoms with Crippen molar-refractivity contribution < 1.29 is 19.3 Å². The summed E-state index contributed by atoms with van der Waals surface area (Å²) in [6.07, 6.45) is 10.1. The summed E-state index contributed by atoms with van der Waals surface area (Å²) in [5.74, 6) is 0. The van der Waals surface area contributed by atoms with Crippen molar-refractivity contribution in [2.75, 3.05) is 87.0 Å². The van der Waals surface area contributed by atoms with Crippen molar-refractivity contribution in [2.24, 2.45) is 0 Å². The minimum absolute atomic E-state index is 0.0891. The number of likely N-dealkylation sites (N-methyl/N-ethyl adjacent to an activating group) is 2. The average molecular weight is 601 g/mol. The molecular weight excluding hydrogens is 528 g/mol. The molecule has 4 aliphatic heterocycles. The maximum absolute atomic E-state index is 8.97. The van der Waals surface area contributed by atoms with Crippen molar-refractivity contribution in [3.63, 3.8) is 0 Å². The minimum Gasteiger partial charge on any atom is -0.394 e. The number of morpholine rings is 2. The minimum atomic E-state index is -0.0891. The van der Waals surface area contributed by atoms with E-state index in [2.05, 4.69) is 61.9 Å². The van der Waals surface area contributed by atoms with Gasteiger partial charge in [0.25, 0.3) is 0 Å². The first-order chi connectivity index (χ1) is 20.0. The van der Waals surface area contributed by atoms with Crippen LogP contribution in [-0.2, 0) is 14.2 Å². The highest BCUT2D eigenvalue weighted by molar-refractivity contribution is 5.04. The molecule has 2 N–H and O–H groups in total. The van der Waals surface area contributed by atoms with Gasteiger partial charge in [0.1, 0.15) is 0 Å². The fourth-order valence-corrected chi connectivity index (χ4v) is 5.95. The summed E-state index contributed by atoms with van der Waals surface area (Å²) < 4.78 is 16.3. The van der Waals surface area contributed by atoms with Gasteiger partial charge in [-0.05, 0) is 79.4 Å². The van der Waals surface area contributed by atoms with Crippen LogP contribution in [0, 0.1) is 0 Å². The Hall–Kier alpha value is -0.320. The number of hydrogen-bond donors (Lipinski definition) is 2. The molecule has 0 aromatic rings. The summed E-state index contributed by atoms with van der Waals surface area (Å²) in [5, 5.41) is 12.3. The summed E-state index contributed by atoms with van der Waals surface area (Å²) >= 11 is 0. The Bertz CT molecular complexity index is 689. The van der Waals surface area contributed by atoms with Gasteiger partial charge < -0.3 is 34.4 Å². The van der Waals surface area contributed by atoms with E-state index in [9.17, 15) is 0 Å². The van der Waals surface area contributed by atoms with Gasteiger partial charge in [-0.1, -0.05) is 48.5 Å². The molecule has 0 bridgehead atoms. The molecule has 2 saturated carbocycles. The maximum atomic E-state index is 8.97. The number of likely N-dealkylation sites (tertiary alicyclic amines) is 1. The highest BCUT2D eigenvalue weighted by Crippen LogP contribution is 2.42. The van der Waals surface area contributed by atoms with Crippen LogP contribution in [0.4, 0.5) is 0 Å². The zero-order chi connectivity index (χ0) is 31.9. The lowest BCUT2D eigenvalue weighted by molar-refractivity contribution is -0.0750. The van der Waals surface area contributed by atoms with Crippen LogP contribution >= 0.6 is 0 Å². The molecule has 2 aliphatic carbocycles. The fraction of sp³-hybridized carbons (Fsp3) is 1.00. The van der Waals surface area contributed by atoms with Crippen LogP contribution in [0.2, 0.25) is 0 Å². The van der Waals surface area contributed by atoms with Gasteiger partial charge in [-0.15, -0.1) is 0 Å². The molecule has 4 saturated heterocycles. The van der Waals surface area contributed by atoms with Crippen LogP contribution in [0.25, 0.3) is 0 Å². The summed E-state index contributed by atoms with van der Waals surface area (Å²) in [6.45, 7) is 26.0. The number of aliphatic hydroxyl groups is 1. The van der Waals surface area contributed by atoms with Crippen LogP contribution in [0.15, 0.2) is 0 Å². The predicted molar refractivity (Wildman–Crippen MR) is 178 cm³/mol. The first-order valence-corrected chi connectivity index (χ1v) is 17.3. The number of rotatable bonds is 4. The molecule has 4 heterocycles. The van der Waals surface area contributed by atoms with E-state index in [1.807, 2.05) is 34.6 Å². The molecule has 6 aliphatic rings. The van der Waals surface area contributed by atoms with Gasteiger partial charge in [0.15, 0.2) is 0 Å². The van der Waals surface area contributed by atoms with Crippen molar-refractivity contribution in [1.29, 1.82) is 0 Å². The van der Waals surface area contributed by atoms with E-state index < -0.39 is 0 Å². The van der Waals surface area contributed by atoms with Crippen LogP contribution in [0.5, 0.6) is 0 Å². The van der Waals surface area contributed by atoms with Crippen molar-refractivity contribution in [3.8, 4) is 0 Å². The van der Waals surface area contributed by atoms with E-state index in [1.165, 1.54) is 51.5 Å². The van der Waals surface area contributed by atoms with E-state index in [-0.39, 0.29) is 12.1 Å². The molecule has 6 rings (SSSR count). The van der Waals surface area contributed by atoms with Crippen molar-refractivity contribution in [1.82, 2.24) is 20.0 Å². The Morgan fingerprint density at radius 3 is 1.64 bits per heavy atom. The van der Waals surface area contributed by atoms with Gasteiger partial charge in [-0.3, -0.25) is 4.90 Å². The molecule has 3 spiro atoms. The molecule has 8 heteroatoms. The number of aliphatic hydroxyl groups excluding tert-OH is 1. The van der Waals surface area contributed by atoms with Crippen LogP contribution in [-0.4, -0.2) is 135 Å². The molecule has 0 radical (unpaired) electrons. The second-order valence-corrected chi connectivity index (χ2v) is 13.3. The second kappa shape index (κ2) is 19.3. The Balaban J connectivity index is 0.000000269. The van der Waals surface area contributed by atoms with Crippen molar-refractivity contribution >= 4 is 0 Å². The Labute approximate surface area is 261 Å². The number of hydrogen-bond acceptors (Lipinski definition) is 8. The molecule has 6 fully saturated rings. The average Bonchev–Trinajstić information content (AvgIpc) is 3.95. The molecule has 0 amide bonds. The normalized spacial score (nSPS) is 26.2. The van der Waals surface area contributed by atoms with Gasteiger partial charge in [-0.2, -0.15) is 0 Å². The van der Waals surface area contributed by atoms with E-state index in [4.69, 9.17) is 19.3 Å². The van der Waals surface area contributed by atoms with Gasteiger partial charge >= 0.3 is 0 Å². The monoisotopic (exact) mass is 601 g/mol. The third-order valence-corrected chi connectivity index (χ3v) is 9.74. The molecule has 0 aromatic heterocycles. The molecule has 42 heavy (non-hydrogen) atoms. The zero-order valence-corrected chi connectivity index (χ0v) is 29.8. The maximum Gasteiger partial charge on any atom is 0.0811 e. The standard InChI is InChI=1S/C8H15NO.C8H19NO.2C7H13NO.2C2H6/c1-9-5-2-8(9)3-6-10-7-4-8;1-5-8(4,6-10)9-7(2)3;1-8-4-5-9-6-7(8)2-3-7;1-8-4-5-9-7(6-8)2-3-7;2*1-2/h2-7H2,1H3;7,9-10H,5-6H2,1-4H3;2*2-6H2,1H3;2*1-2H3. The fourth-order valence-electron chi connectivity index (χ4n) is 5.95. The highest BCUT2D eigenvalue weighted by atomic mass is 16.5. The summed E-state index contributed by atoms with van der Waals surface area (Å²) in [6, 6.07) is 0.442.